The third-order valence-corrected chi connectivity index (χ3v) is 4.97. The van der Waals surface area contributed by atoms with Crippen molar-refractivity contribution in [2.75, 3.05) is 20.3 Å². The van der Waals surface area contributed by atoms with Gasteiger partial charge in [-0.1, -0.05) is 30.3 Å². The molecule has 1 aromatic heterocycles. The summed E-state index contributed by atoms with van der Waals surface area (Å²) in [6, 6.07) is 12.6. The van der Waals surface area contributed by atoms with Crippen molar-refractivity contribution >= 4 is 5.91 Å². The first-order chi connectivity index (χ1) is 13.6. The minimum absolute atomic E-state index is 0.0503. The number of nitrogens with one attached hydrogen (secondary N) is 1. The van der Waals surface area contributed by atoms with Crippen LogP contribution in [0, 0.1) is 5.82 Å². The van der Waals surface area contributed by atoms with Gasteiger partial charge in [-0.25, -0.2) is 4.39 Å². The summed E-state index contributed by atoms with van der Waals surface area (Å²) in [4.78, 5) is 14.7. The Morgan fingerprint density at radius 3 is 2.71 bits per heavy atom. The van der Waals surface area contributed by atoms with Crippen LogP contribution < -0.4 is 0 Å². The molecule has 0 radical (unpaired) electrons. The third kappa shape index (κ3) is 2.93. The number of amides is 1. The number of halogens is 1. The van der Waals surface area contributed by atoms with Crippen LogP contribution in [0.3, 0.4) is 0 Å². The fraction of sp³-hybridized carbons (Fsp3) is 0.238. The number of aromatic hydroxyl groups is 1. The molecule has 0 fully saturated rings. The zero-order chi connectivity index (χ0) is 19.7. The molecule has 2 N–H and O–H groups in total. The molecule has 0 saturated carbocycles. The largest absolute Gasteiger partial charge is 0.507 e. The molecule has 6 nitrogen and oxygen atoms in total. The first kappa shape index (κ1) is 18.2. The van der Waals surface area contributed by atoms with E-state index in [0.29, 0.717) is 47.7 Å². The summed E-state index contributed by atoms with van der Waals surface area (Å²) in [5, 5.41) is 17.4. The molecule has 2 heterocycles. The van der Waals surface area contributed by atoms with Crippen molar-refractivity contribution in [3.8, 4) is 17.0 Å². The lowest BCUT2D eigenvalue weighted by Gasteiger charge is -2.26. The van der Waals surface area contributed by atoms with Gasteiger partial charge in [0.15, 0.2) is 0 Å². The van der Waals surface area contributed by atoms with Gasteiger partial charge in [0, 0.05) is 37.0 Å². The van der Waals surface area contributed by atoms with Gasteiger partial charge in [0.25, 0.3) is 5.91 Å². The van der Waals surface area contributed by atoms with Crippen molar-refractivity contribution in [2.45, 2.75) is 12.5 Å². The normalized spacial score (nSPS) is 15.9. The maximum Gasteiger partial charge on any atom is 0.273 e. The zero-order valence-corrected chi connectivity index (χ0v) is 15.4. The SMILES string of the molecule is COCCCN1C(=O)c2[nH]nc(-c3ccccc3O)c2[C@H]1c1ccccc1F. The number of ether oxygens (including phenoxy) is 1. The third-order valence-electron chi connectivity index (χ3n) is 4.97. The highest BCUT2D eigenvalue weighted by Gasteiger charge is 2.43. The molecule has 0 saturated heterocycles. The van der Waals surface area contributed by atoms with Crippen LogP contribution in [0.2, 0.25) is 0 Å². The molecule has 0 spiro atoms. The number of hydrogen-bond donors (Lipinski definition) is 2. The monoisotopic (exact) mass is 381 g/mol. The number of para-hydroxylation sites is 1. The summed E-state index contributed by atoms with van der Waals surface area (Å²) >= 11 is 0. The van der Waals surface area contributed by atoms with Crippen molar-refractivity contribution < 1.29 is 19.0 Å². The molecule has 3 aromatic rings. The van der Waals surface area contributed by atoms with Gasteiger partial charge in [-0.05, 0) is 24.6 Å². The number of carbonyl (C=O) groups is 1. The van der Waals surface area contributed by atoms with Crippen LogP contribution in [0.15, 0.2) is 48.5 Å². The van der Waals surface area contributed by atoms with Gasteiger partial charge in [-0.3, -0.25) is 9.89 Å². The molecule has 0 bridgehead atoms. The van der Waals surface area contributed by atoms with Gasteiger partial charge < -0.3 is 14.7 Å². The number of hydrogen-bond acceptors (Lipinski definition) is 4. The lowest BCUT2D eigenvalue weighted by atomic mass is 9.95. The number of nitrogens with zero attached hydrogens (tertiary/aromatic N) is 2. The number of fused-ring (bicyclic) bond motifs is 1. The Morgan fingerprint density at radius 2 is 1.96 bits per heavy atom. The number of phenolic OH excluding ortho intramolecular Hbond substituents is 1. The lowest BCUT2D eigenvalue weighted by Crippen LogP contribution is -2.31. The van der Waals surface area contributed by atoms with Crippen LogP contribution in [0.1, 0.15) is 34.1 Å². The van der Waals surface area contributed by atoms with E-state index in [-0.39, 0.29) is 11.7 Å². The van der Waals surface area contributed by atoms with Crippen LogP contribution in [-0.4, -0.2) is 46.4 Å². The molecule has 144 valence electrons. The minimum atomic E-state index is -0.631. The Morgan fingerprint density at radius 1 is 1.21 bits per heavy atom. The van der Waals surface area contributed by atoms with E-state index in [4.69, 9.17) is 4.74 Å². The topological polar surface area (TPSA) is 78.5 Å². The van der Waals surface area contributed by atoms with Crippen molar-refractivity contribution in [3.05, 3.63) is 71.2 Å². The Kier molecular flexibility index (Phi) is 4.83. The van der Waals surface area contributed by atoms with Gasteiger partial charge in [0.1, 0.15) is 23.0 Å². The molecular formula is C21H20FN3O3. The number of carbonyl (C=O) groups excluding carboxylic acids is 1. The number of phenols is 1. The van der Waals surface area contributed by atoms with E-state index in [1.165, 1.54) is 6.07 Å². The predicted octanol–water partition coefficient (Wildman–Crippen LogP) is 3.50. The Balaban J connectivity index is 1.86. The Bertz CT molecular complexity index is 1020. The standard InChI is InChI=1S/C21H20FN3O3/c1-28-12-6-11-25-20(13-7-2-4-9-15(13)22)17-18(23-24-19(17)21(25)27)14-8-3-5-10-16(14)26/h2-5,7-10,20,26H,6,11-12H2,1H3,(H,23,24)/t20-/m1/s1. The second kappa shape index (κ2) is 7.44. The van der Waals surface area contributed by atoms with Crippen LogP contribution in [0.25, 0.3) is 11.3 Å². The van der Waals surface area contributed by atoms with Gasteiger partial charge in [-0.2, -0.15) is 5.10 Å². The van der Waals surface area contributed by atoms with Gasteiger partial charge in [0.05, 0.1) is 6.04 Å². The van der Waals surface area contributed by atoms with Crippen LogP contribution >= 0.6 is 0 Å². The summed E-state index contributed by atoms with van der Waals surface area (Å²) in [5.74, 6) is -0.586. The average molecular weight is 381 g/mol. The summed E-state index contributed by atoms with van der Waals surface area (Å²) in [5.41, 5.74) is 2.24. The second-order valence-corrected chi connectivity index (χ2v) is 6.65. The Labute approximate surface area is 161 Å². The summed E-state index contributed by atoms with van der Waals surface area (Å²) in [7, 11) is 1.60. The van der Waals surface area contributed by atoms with E-state index in [0.717, 1.165) is 0 Å². The second-order valence-electron chi connectivity index (χ2n) is 6.65. The van der Waals surface area contributed by atoms with E-state index in [1.54, 1.807) is 54.5 Å². The van der Waals surface area contributed by atoms with Crippen molar-refractivity contribution in [1.29, 1.82) is 0 Å². The lowest BCUT2D eigenvalue weighted by molar-refractivity contribution is 0.0721. The van der Waals surface area contributed by atoms with E-state index in [1.807, 2.05) is 0 Å². The highest BCUT2D eigenvalue weighted by atomic mass is 19.1. The quantitative estimate of drug-likeness (QED) is 0.641. The molecule has 2 aromatic carbocycles. The summed E-state index contributed by atoms with van der Waals surface area (Å²) in [6.07, 6.45) is 0.622. The molecule has 1 aliphatic heterocycles. The number of rotatable bonds is 6. The zero-order valence-electron chi connectivity index (χ0n) is 15.4. The molecule has 4 rings (SSSR count). The number of aromatic amines is 1. The van der Waals surface area contributed by atoms with Gasteiger partial charge in [0.2, 0.25) is 0 Å². The fourth-order valence-electron chi connectivity index (χ4n) is 3.71. The molecule has 1 atom stereocenters. The summed E-state index contributed by atoms with van der Waals surface area (Å²) < 4.78 is 19.8. The number of benzene rings is 2. The summed E-state index contributed by atoms with van der Waals surface area (Å²) in [6.45, 7) is 0.903. The molecule has 7 heteroatoms. The molecule has 1 amide bonds. The van der Waals surface area contributed by atoms with Gasteiger partial charge >= 0.3 is 0 Å². The smallest absolute Gasteiger partial charge is 0.273 e. The Hall–Kier alpha value is -3.19. The molecule has 28 heavy (non-hydrogen) atoms. The van der Waals surface area contributed by atoms with Crippen LogP contribution in [-0.2, 0) is 4.74 Å². The minimum Gasteiger partial charge on any atom is -0.507 e. The maximum absolute atomic E-state index is 14.7. The number of aromatic nitrogens is 2. The number of H-pyrrole nitrogens is 1. The van der Waals surface area contributed by atoms with E-state index in [9.17, 15) is 14.3 Å². The van der Waals surface area contributed by atoms with Crippen LogP contribution in [0.4, 0.5) is 4.39 Å². The van der Waals surface area contributed by atoms with E-state index in [2.05, 4.69) is 10.2 Å². The van der Waals surface area contributed by atoms with E-state index < -0.39 is 11.9 Å². The first-order valence-electron chi connectivity index (χ1n) is 9.04. The predicted molar refractivity (Wildman–Crippen MR) is 101 cm³/mol. The van der Waals surface area contributed by atoms with Crippen LogP contribution in [0.5, 0.6) is 5.75 Å². The van der Waals surface area contributed by atoms with Crippen molar-refractivity contribution in [3.63, 3.8) is 0 Å². The molecule has 0 aliphatic carbocycles. The van der Waals surface area contributed by atoms with E-state index >= 15 is 0 Å². The molecular weight excluding hydrogens is 361 g/mol. The first-order valence-corrected chi connectivity index (χ1v) is 9.04. The average Bonchev–Trinajstić information content (AvgIpc) is 3.23. The molecule has 1 aliphatic rings. The maximum atomic E-state index is 14.7. The highest BCUT2D eigenvalue weighted by molar-refractivity contribution is 6.00. The number of methoxy groups -OCH3 is 1. The van der Waals surface area contributed by atoms with Crippen molar-refractivity contribution in [1.82, 2.24) is 15.1 Å². The highest BCUT2D eigenvalue weighted by Crippen LogP contribution is 2.44. The fourth-order valence-corrected chi connectivity index (χ4v) is 3.71. The van der Waals surface area contributed by atoms with Crippen molar-refractivity contribution in [2.24, 2.45) is 0 Å². The van der Waals surface area contributed by atoms with Gasteiger partial charge in [-0.15, -0.1) is 0 Å². The molecule has 0 unspecified atom stereocenters.